The number of nitrogens with one attached hydrogen (secondary N) is 1. The Balaban J connectivity index is 2.53. The third-order valence-electron chi connectivity index (χ3n) is 2.12. The molecule has 0 radical (unpaired) electrons. The molecule has 0 unspecified atom stereocenters. The van der Waals surface area contributed by atoms with E-state index in [1.807, 2.05) is 30.3 Å². The van der Waals surface area contributed by atoms with Gasteiger partial charge in [0, 0.05) is 16.8 Å². The molecule has 1 aliphatic heterocycles. The van der Waals surface area contributed by atoms with Crippen molar-refractivity contribution in [2.45, 2.75) is 13.3 Å². The maximum atomic E-state index is 11.4. The molecule has 0 bridgehead atoms. The Morgan fingerprint density at radius 2 is 2.00 bits per heavy atom. The normalized spacial score (nSPS) is 17.3. The Hall–Kier alpha value is -1.57. The molecule has 0 saturated heterocycles. The highest BCUT2D eigenvalue weighted by molar-refractivity contribution is 6.09. The van der Waals surface area contributed by atoms with Gasteiger partial charge < -0.3 is 5.32 Å². The summed E-state index contributed by atoms with van der Waals surface area (Å²) in [5, 5.41) is 2.84. The van der Waals surface area contributed by atoms with Crippen LogP contribution in [-0.4, -0.2) is 5.91 Å². The molecule has 2 nitrogen and oxygen atoms in total. The summed E-state index contributed by atoms with van der Waals surface area (Å²) in [7, 11) is 0. The van der Waals surface area contributed by atoms with Crippen molar-refractivity contribution < 1.29 is 4.79 Å². The lowest BCUT2D eigenvalue weighted by molar-refractivity contribution is 0.0981. The predicted octanol–water partition coefficient (Wildman–Crippen LogP) is 2.18. The number of hydrogen-bond acceptors (Lipinski definition) is 1. The number of allylic oxidation sites excluding steroid dienone is 1. The van der Waals surface area contributed by atoms with E-state index >= 15 is 0 Å². The van der Waals surface area contributed by atoms with Crippen LogP contribution in [0.2, 0.25) is 0 Å². The van der Waals surface area contributed by atoms with Crippen LogP contribution in [0.15, 0.2) is 30.3 Å². The van der Waals surface area contributed by atoms with Gasteiger partial charge in [-0.25, -0.2) is 0 Å². The van der Waals surface area contributed by atoms with Crippen molar-refractivity contribution >= 4 is 11.6 Å². The minimum atomic E-state index is 0.00954. The van der Waals surface area contributed by atoms with Gasteiger partial charge in [-0.05, 0) is 12.5 Å². The largest absolute Gasteiger partial charge is 0.322 e. The van der Waals surface area contributed by atoms with E-state index in [4.69, 9.17) is 0 Å². The van der Waals surface area contributed by atoms with Gasteiger partial charge in [0.05, 0.1) is 0 Å². The topological polar surface area (TPSA) is 29.1 Å². The highest BCUT2D eigenvalue weighted by atomic mass is 16.1. The van der Waals surface area contributed by atoms with E-state index < -0.39 is 0 Å². The van der Waals surface area contributed by atoms with Gasteiger partial charge >= 0.3 is 0 Å². The SMILES string of the molecule is CC/C=C1\NC(=O)c2ccccc21. The second-order valence-corrected chi connectivity index (χ2v) is 3.03. The lowest BCUT2D eigenvalue weighted by Gasteiger charge is -1.96. The van der Waals surface area contributed by atoms with Crippen LogP contribution in [0.1, 0.15) is 29.3 Å². The van der Waals surface area contributed by atoms with Gasteiger partial charge in [0.2, 0.25) is 0 Å². The molecule has 0 aliphatic carbocycles. The summed E-state index contributed by atoms with van der Waals surface area (Å²) in [6.07, 6.45) is 2.97. The fraction of sp³-hybridized carbons (Fsp3) is 0.182. The molecule has 0 atom stereocenters. The fourth-order valence-electron chi connectivity index (χ4n) is 1.54. The number of hydrogen-bond donors (Lipinski definition) is 1. The number of carbonyl (C=O) groups excluding carboxylic acids is 1. The van der Waals surface area contributed by atoms with Crippen LogP contribution in [0, 0.1) is 0 Å². The Kier molecular flexibility index (Phi) is 1.89. The first-order valence-corrected chi connectivity index (χ1v) is 4.44. The van der Waals surface area contributed by atoms with Crippen molar-refractivity contribution in [1.82, 2.24) is 5.32 Å². The molecule has 1 N–H and O–H groups in total. The second kappa shape index (κ2) is 3.05. The number of carbonyl (C=O) groups is 1. The third-order valence-corrected chi connectivity index (χ3v) is 2.12. The molecule has 0 aromatic heterocycles. The van der Waals surface area contributed by atoms with Gasteiger partial charge in [0.1, 0.15) is 0 Å². The molecule has 1 amide bonds. The Labute approximate surface area is 77.3 Å². The van der Waals surface area contributed by atoms with E-state index in [9.17, 15) is 4.79 Å². The van der Waals surface area contributed by atoms with Crippen LogP contribution in [-0.2, 0) is 0 Å². The molecule has 0 spiro atoms. The standard InChI is InChI=1S/C11H11NO/c1-2-5-10-8-6-3-4-7-9(8)11(13)12-10/h3-7H,2H2,1H3,(H,12,13)/b10-5-. The molecule has 1 aromatic carbocycles. The van der Waals surface area contributed by atoms with Crippen LogP contribution in [0.4, 0.5) is 0 Å². The minimum absolute atomic E-state index is 0.00954. The summed E-state index contributed by atoms with van der Waals surface area (Å²) >= 11 is 0. The zero-order valence-corrected chi connectivity index (χ0v) is 7.50. The summed E-state index contributed by atoms with van der Waals surface area (Å²) in [6.45, 7) is 2.06. The van der Waals surface area contributed by atoms with E-state index in [1.54, 1.807) is 0 Å². The molecular formula is C11H11NO. The van der Waals surface area contributed by atoms with Gasteiger partial charge in [0.15, 0.2) is 0 Å². The van der Waals surface area contributed by atoms with Crippen LogP contribution in [0.3, 0.4) is 0 Å². The van der Waals surface area contributed by atoms with Gasteiger partial charge in [-0.2, -0.15) is 0 Å². The number of benzene rings is 1. The van der Waals surface area contributed by atoms with Crippen molar-refractivity contribution in [2.24, 2.45) is 0 Å². The fourth-order valence-corrected chi connectivity index (χ4v) is 1.54. The van der Waals surface area contributed by atoms with Crippen molar-refractivity contribution in [3.05, 3.63) is 41.5 Å². The van der Waals surface area contributed by atoms with Crippen molar-refractivity contribution in [1.29, 1.82) is 0 Å². The monoisotopic (exact) mass is 173 g/mol. The molecule has 1 aliphatic rings. The molecule has 2 rings (SSSR count). The molecule has 13 heavy (non-hydrogen) atoms. The first-order chi connectivity index (χ1) is 6.33. The van der Waals surface area contributed by atoms with Crippen LogP contribution in [0.5, 0.6) is 0 Å². The number of amides is 1. The Bertz CT molecular complexity index is 379. The van der Waals surface area contributed by atoms with E-state index in [2.05, 4.69) is 12.2 Å². The summed E-state index contributed by atoms with van der Waals surface area (Å²) in [4.78, 5) is 11.4. The Morgan fingerprint density at radius 1 is 1.31 bits per heavy atom. The minimum Gasteiger partial charge on any atom is -0.322 e. The van der Waals surface area contributed by atoms with Crippen molar-refractivity contribution in [3.8, 4) is 0 Å². The van der Waals surface area contributed by atoms with Crippen molar-refractivity contribution in [3.63, 3.8) is 0 Å². The summed E-state index contributed by atoms with van der Waals surface area (Å²) in [5.74, 6) is 0.00954. The van der Waals surface area contributed by atoms with Gasteiger partial charge in [0.25, 0.3) is 5.91 Å². The summed E-state index contributed by atoms with van der Waals surface area (Å²) in [5.41, 5.74) is 2.75. The van der Waals surface area contributed by atoms with Crippen LogP contribution in [0.25, 0.3) is 5.70 Å². The summed E-state index contributed by atoms with van der Waals surface area (Å²) < 4.78 is 0. The van der Waals surface area contributed by atoms with E-state index in [1.165, 1.54) is 0 Å². The average Bonchev–Trinajstić information content (AvgIpc) is 2.46. The molecule has 0 fully saturated rings. The molecule has 1 heterocycles. The maximum Gasteiger partial charge on any atom is 0.256 e. The number of fused-ring (bicyclic) bond motifs is 1. The average molecular weight is 173 g/mol. The predicted molar refractivity (Wildman–Crippen MR) is 52.2 cm³/mol. The van der Waals surface area contributed by atoms with Gasteiger partial charge in [-0.1, -0.05) is 31.2 Å². The molecular weight excluding hydrogens is 162 g/mol. The van der Waals surface area contributed by atoms with Gasteiger partial charge in [-0.15, -0.1) is 0 Å². The quantitative estimate of drug-likeness (QED) is 0.692. The highest BCUT2D eigenvalue weighted by Gasteiger charge is 2.21. The van der Waals surface area contributed by atoms with Gasteiger partial charge in [-0.3, -0.25) is 4.79 Å². The molecule has 2 heteroatoms. The highest BCUT2D eigenvalue weighted by Crippen LogP contribution is 2.23. The zero-order valence-electron chi connectivity index (χ0n) is 7.50. The molecule has 0 saturated carbocycles. The third kappa shape index (κ3) is 1.24. The maximum absolute atomic E-state index is 11.4. The summed E-state index contributed by atoms with van der Waals surface area (Å²) in [6, 6.07) is 7.64. The van der Waals surface area contributed by atoms with E-state index in [0.29, 0.717) is 0 Å². The van der Waals surface area contributed by atoms with Crippen molar-refractivity contribution in [2.75, 3.05) is 0 Å². The Morgan fingerprint density at radius 3 is 2.69 bits per heavy atom. The van der Waals surface area contributed by atoms with Crippen LogP contribution >= 0.6 is 0 Å². The number of rotatable bonds is 1. The van der Waals surface area contributed by atoms with Crippen LogP contribution < -0.4 is 5.32 Å². The first kappa shape index (κ1) is 8.05. The lowest BCUT2D eigenvalue weighted by Crippen LogP contribution is -2.11. The first-order valence-electron chi connectivity index (χ1n) is 4.44. The molecule has 66 valence electrons. The van der Waals surface area contributed by atoms with E-state index in [0.717, 1.165) is 23.2 Å². The smallest absolute Gasteiger partial charge is 0.256 e. The zero-order chi connectivity index (χ0) is 9.26. The second-order valence-electron chi connectivity index (χ2n) is 3.03. The lowest BCUT2D eigenvalue weighted by atomic mass is 10.1. The van der Waals surface area contributed by atoms with E-state index in [-0.39, 0.29) is 5.91 Å². The molecule has 1 aromatic rings.